The summed E-state index contributed by atoms with van der Waals surface area (Å²) in [5.74, 6) is 0.0131. The minimum absolute atomic E-state index is 0.128. The number of hydrogen-bond donors (Lipinski definition) is 1. The zero-order valence-corrected chi connectivity index (χ0v) is 13.8. The van der Waals surface area contributed by atoms with Gasteiger partial charge in [0.05, 0.1) is 0 Å². The lowest BCUT2D eigenvalue weighted by atomic mass is 9.97. The Labute approximate surface area is 135 Å². The fourth-order valence-corrected chi connectivity index (χ4v) is 4.58. The van der Waals surface area contributed by atoms with Crippen LogP contribution < -0.4 is 0 Å². The smallest absolute Gasteiger partial charge is 0.303 e. The molecule has 0 radical (unpaired) electrons. The number of thiophene rings is 1. The fraction of sp³-hybridized carbons (Fsp3) is 0.647. The normalized spacial score (nSPS) is 27.7. The lowest BCUT2D eigenvalue weighted by Gasteiger charge is -2.36. The summed E-state index contributed by atoms with van der Waals surface area (Å²) in [6.07, 6.45) is 4.82. The molecule has 120 valence electrons. The highest BCUT2D eigenvalue weighted by Crippen LogP contribution is 2.51. The number of nitrogens with zero attached hydrogens (tertiary/aromatic N) is 1. The van der Waals surface area contributed by atoms with Gasteiger partial charge in [-0.05, 0) is 51.2 Å². The average molecular weight is 321 g/mol. The van der Waals surface area contributed by atoms with Crippen LogP contribution in [0.1, 0.15) is 54.2 Å². The van der Waals surface area contributed by atoms with Crippen LogP contribution in [0.3, 0.4) is 0 Å². The number of carbonyl (C=O) groups excluding carboxylic acids is 1. The highest BCUT2D eigenvalue weighted by Gasteiger charge is 2.47. The van der Waals surface area contributed by atoms with E-state index >= 15 is 0 Å². The number of rotatable bonds is 5. The first-order valence-electron chi connectivity index (χ1n) is 8.15. The highest BCUT2D eigenvalue weighted by atomic mass is 32.1. The van der Waals surface area contributed by atoms with Crippen LogP contribution in [0.15, 0.2) is 12.1 Å². The number of aryl methyl sites for hydroxylation is 1. The Bertz CT molecular complexity index is 568. The Kier molecular flexibility index (Phi) is 4.52. The highest BCUT2D eigenvalue weighted by molar-refractivity contribution is 7.12. The van der Waals surface area contributed by atoms with Crippen LogP contribution in [-0.2, 0) is 9.59 Å². The summed E-state index contributed by atoms with van der Waals surface area (Å²) in [4.78, 5) is 28.2. The molecule has 3 rings (SSSR count). The second kappa shape index (κ2) is 6.41. The second-order valence-corrected chi connectivity index (χ2v) is 7.83. The lowest BCUT2D eigenvalue weighted by Crippen LogP contribution is -2.44. The van der Waals surface area contributed by atoms with E-state index < -0.39 is 5.97 Å². The average Bonchev–Trinajstić information content (AvgIpc) is 3.19. The molecule has 2 fully saturated rings. The SMILES string of the molecule is Cc1ccc([C@@H]2C[C@@H]2C(=O)N2CCCC[C@@H]2CCC(=O)O)s1. The second-order valence-electron chi connectivity index (χ2n) is 6.51. The predicted octanol–water partition coefficient (Wildman–Crippen LogP) is 3.41. The van der Waals surface area contributed by atoms with Crippen LogP contribution in [0.5, 0.6) is 0 Å². The van der Waals surface area contributed by atoms with Gasteiger partial charge in [0.15, 0.2) is 0 Å². The molecule has 1 aliphatic heterocycles. The zero-order chi connectivity index (χ0) is 15.7. The molecule has 2 heterocycles. The van der Waals surface area contributed by atoms with E-state index in [1.54, 1.807) is 11.3 Å². The molecule has 1 aromatic heterocycles. The van der Waals surface area contributed by atoms with Gasteiger partial charge in [-0.25, -0.2) is 0 Å². The minimum Gasteiger partial charge on any atom is -0.481 e. The molecular weight excluding hydrogens is 298 g/mol. The summed E-state index contributed by atoms with van der Waals surface area (Å²) in [7, 11) is 0. The van der Waals surface area contributed by atoms with Gasteiger partial charge in [-0.2, -0.15) is 0 Å². The van der Waals surface area contributed by atoms with Gasteiger partial charge in [-0.1, -0.05) is 0 Å². The molecule has 4 nitrogen and oxygen atoms in total. The van der Waals surface area contributed by atoms with Crippen molar-refractivity contribution in [2.24, 2.45) is 5.92 Å². The van der Waals surface area contributed by atoms with Gasteiger partial charge < -0.3 is 10.0 Å². The standard InChI is InChI=1S/C17H23NO3S/c1-11-5-7-15(22-11)13-10-14(13)17(21)18-9-3-2-4-12(18)6-8-16(19)20/h5,7,12-14H,2-4,6,8-10H2,1H3,(H,19,20)/t12-,13-,14+/m1/s1. The van der Waals surface area contributed by atoms with Crippen molar-refractivity contribution in [3.63, 3.8) is 0 Å². The van der Waals surface area contributed by atoms with Crippen LogP contribution in [0.4, 0.5) is 0 Å². The van der Waals surface area contributed by atoms with Crippen LogP contribution in [0, 0.1) is 12.8 Å². The van der Waals surface area contributed by atoms with Crippen molar-refractivity contribution in [2.75, 3.05) is 6.54 Å². The minimum atomic E-state index is -0.767. The lowest BCUT2D eigenvalue weighted by molar-refractivity contribution is -0.140. The van der Waals surface area contributed by atoms with E-state index in [0.717, 1.165) is 32.2 Å². The van der Waals surface area contributed by atoms with E-state index in [1.165, 1.54) is 9.75 Å². The molecule has 1 aromatic rings. The van der Waals surface area contributed by atoms with Crippen molar-refractivity contribution < 1.29 is 14.7 Å². The third-order valence-electron chi connectivity index (χ3n) is 4.84. The van der Waals surface area contributed by atoms with Gasteiger partial charge >= 0.3 is 5.97 Å². The van der Waals surface area contributed by atoms with E-state index in [0.29, 0.717) is 12.3 Å². The molecule has 1 aliphatic carbocycles. The maximum absolute atomic E-state index is 12.8. The van der Waals surface area contributed by atoms with Crippen molar-refractivity contribution in [1.82, 2.24) is 4.90 Å². The summed E-state index contributed by atoms with van der Waals surface area (Å²) in [5.41, 5.74) is 0. The number of amides is 1. The van der Waals surface area contributed by atoms with Gasteiger partial charge in [0, 0.05) is 40.6 Å². The van der Waals surface area contributed by atoms with E-state index in [-0.39, 0.29) is 24.3 Å². The maximum Gasteiger partial charge on any atom is 0.303 e. The van der Waals surface area contributed by atoms with Gasteiger partial charge in [0.25, 0.3) is 0 Å². The third kappa shape index (κ3) is 3.35. The van der Waals surface area contributed by atoms with Crippen molar-refractivity contribution in [3.8, 4) is 0 Å². The Morgan fingerprint density at radius 3 is 2.86 bits per heavy atom. The predicted molar refractivity (Wildman–Crippen MR) is 86.1 cm³/mol. The van der Waals surface area contributed by atoms with E-state index in [4.69, 9.17) is 5.11 Å². The van der Waals surface area contributed by atoms with E-state index in [9.17, 15) is 9.59 Å². The first-order chi connectivity index (χ1) is 10.6. The molecule has 22 heavy (non-hydrogen) atoms. The van der Waals surface area contributed by atoms with Crippen LogP contribution in [0.25, 0.3) is 0 Å². The molecule has 5 heteroatoms. The first-order valence-corrected chi connectivity index (χ1v) is 8.96. The molecule has 0 spiro atoms. The molecular formula is C17H23NO3S. The summed E-state index contributed by atoms with van der Waals surface area (Å²) < 4.78 is 0. The Hall–Kier alpha value is -1.36. The van der Waals surface area contributed by atoms with Gasteiger partial charge in [-0.3, -0.25) is 9.59 Å². The number of likely N-dealkylation sites (tertiary alicyclic amines) is 1. The fourth-order valence-electron chi connectivity index (χ4n) is 3.53. The number of hydrogen-bond acceptors (Lipinski definition) is 3. The number of aliphatic carboxylic acids is 1. The molecule has 0 unspecified atom stereocenters. The van der Waals surface area contributed by atoms with Gasteiger partial charge in [0.2, 0.25) is 5.91 Å². The van der Waals surface area contributed by atoms with E-state index in [1.807, 2.05) is 4.90 Å². The molecule has 3 atom stereocenters. The molecule has 2 aliphatic rings. The quantitative estimate of drug-likeness (QED) is 0.904. The number of carboxylic acids is 1. The van der Waals surface area contributed by atoms with Crippen LogP contribution >= 0.6 is 11.3 Å². The van der Waals surface area contributed by atoms with E-state index in [2.05, 4.69) is 19.1 Å². The zero-order valence-electron chi connectivity index (χ0n) is 13.0. The number of carboxylic acid groups (broad SMARTS) is 1. The van der Waals surface area contributed by atoms with Gasteiger partial charge in [-0.15, -0.1) is 11.3 Å². The van der Waals surface area contributed by atoms with Crippen molar-refractivity contribution in [2.45, 2.75) is 57.4 Å². The summed E-state index contributed by atoms with van der Waals surface area (Å²) >= 11 is 1.79. The van der Waals surface area contributed by atoms with Crippen LogP contribution in [-0.4, -0.2) is 34.5 Å². The van der Waals surface area contributed by atoms with Crippen molar-refractivity contribution >= 4 is 23.2 Å². The number of piperidine rings is 1. The topological polar surface area (TPSA) is 57.6 Å². The Morgan fingerprint density at radius 1 is 1.36 bits per heavy atom. The summed E-state index contributed by atoms with van der Waals surface area (Å²) in [6, 6.07) is 4.40. The molecule has 0 bridgehead atoms. The largest absolute Gasteiger partial charge is 0.481 e. The molecule has 1 saturated heterocycles. The van der Waals surface area contributed by atoms with Crippen molar-refractivity contribution in [1.29, 1.82) is 0 Å². The summed E-state index contributed by atoms with van der Waals surface area (Å²) in [5, 5.41) is 8.88. The first kappa shape index (κ1) is 15.5. The molecule has 1 amide bonds. The molecule has 1 N–H and O–H groups in total. The van der Waals surface area contributed by atoms with Gasteiger partial charge in [0.1, 0.15) is 0 Å². The van der Waals surface area contributed by atoms with Crippen molar-refractivity contribution in [3.05, 3.63) is 21.9 Å². The summed E-state index contributed by atoms with van der Waals surface area (Å²) in [6.45, 7) is 2.90. The molecule has 0 aromatic carbocycles. The maximum atomic E-state index is 12.8. The number of carbonyl (C=O) groups is 2. The third-order valence-corrected chi connectivity index (χ3v) is 5.97. The van der Waals surface area contributed by atoms with Crippen LogP contribution in [0.2, 0.25) is 0 Å². The Balaban J connectivity index is 1.62. The molecule has 1 saturated carbocycles. The monoisotopic (exact) mass is 321 g/mol. The Morgan fingerprint density at radius 2 is 2.18 bits per heavy atom.